The van der Waals surface area contributed by atoms with Gasteiger partial charge in [0.1, 0.15) is 5.75 Å². The molecule has 0 fully saturated rings. The fraction of sp³-hybridized carbons (Fsp3) is 0.250. The van der Waals surface area contributed by atoms with Crippen LogP contribution in [-0.2, 0) is 0 Å². The van der Waals surface area contributed by atoms with E-state index < -0.39 is 0 Å². The zero-order valence-electron chi connectivity index (χ0n) is 6.59. The van der Waals surface area contributed by atoms with Gasteiger partial charge in [-0.2, -0.15) is 0 Å². The van der Waals surface area contributed by atoms with Crippen molar-refractivity contribution in [3.8, 4) is 5.75 Å². The van der Waals surface area contributed by atoms with Crippen molar-refractivity contribution in [3.05, 3.63) is 18.2 Å². The summed E-state index contributed by atoms with van der Waals surface area (Å²) in [6, 6.07) is 5.75. The maximum absolute atomic E-state index is 5.07. The van der Waals surface area contributed by atoms with Crippen LogP contribution in [0.3, 0.4) is 0 Å². The van der Waals surface area contributed by atoms with Crippen molar-refractivity contribution < 1.29 is 4.74 Å². The second-order valence-electron chi connectivity index (χ2n) is 2.14. The first-order valence-electron chi connectivity index (χ1n) is 3.32. The Labute approximate surface area is 72.0 Å². The molecule has 0 bridgehead atoms. The molecule has 0 unspecified atom stereocenters. The highest BCUT2D eigenvalue weighted by molar-refractivity contribution is 7.80. The summed E-state index contributed by atoms with van der Waals surface area (Å²) in [5, 5.41) is 3.01. The van der Waals surface area contributed by atoms with Crippen LogP contribution in [0.25, 0.3) is 0 Å². The Kier molecular flexibility index (Phi) is 2.65. The lowest BCUT2D eigenvalue weighted by atomic mass is 10.3. The highest BCUT2D eigenvalue weighted by Gasteiger charge is 1.97. The fourth-order valence-electron chi connectivity index (χ4n) is 0.833. The molecule has 1 N–H and O–H groups in total. The fourth-order valence-corrected chi connectivity index (χ4v) is 1.06. The minimum absolute atomic E-state index is 0.792. The summed E-state index contributed by atoms with van der Waals surface area (Å²) in [5.74, 6) is 0.792. The number of hydrogen-bond acceptors (Lipinski definition) is 3. The van der Waals surface area contributed by atoms with Crippen molar-refractivity contribution >= 4 is 18.3 Å². The quantitative estimate of drug-likeness (QED) is 0.661. The Morgan fingerprint density at radius 2 is 2.18 bits per heavy atom. The summed E-state index contributed by atoms with van der Waals surface area (Å²) in [4.78, 5) is 0.853. The van der Waals surface area contributed by atoms with Crippen LogP contribution in [0.5, 0.6) is 5.75 Å². The van der Waals surface area contributed by atoms with E-state index in [1.165, 1.54) is 0 Å². The number of nitrogens with one attached hydrogen (secondary N) is 1. The molecular weight excluding hydrogens is 158 g/mol. The molecule has 0 radical (unpaired) electrons. The Hall–Kier alpha value is -0.830. The molecule has 11 heavy (non-hydrogen) atoms. The SMILES string of the molecule is CNc1ccc(S)c(OC)c1. The van der Waals surface area contributed by atoms with E-state index in [-0.39, 0.29) is 0 Å². The third-order valence-corrected chi connectivity index (χ3v) is 1.84. The van der Waals surface area contributed by atoms with Crippen LogP contribution in [0.1, 0.15) is 0 Å². The minimum atomic E-state index is 0.792. The molecule has 3 heteroatoms. The molecule has 0 atom stereocenters. The summed E-state index contributed by atoms with van der Waals surface area (Å²) in [7, 11) is 3.50. The summed E-state index contributed by atoms with van der Waals surface area (Å²) in [5.41, 5.74) is 1.03. The number of anilines is 1. The normalized spacial score (nSPS) is 9.36. The number of methoxy groups -OCH3 is 1. The molecule has 0 aliphatic rings. The van der Waals surface area contributed by atoms with Gasteiger partial charge in [0.15, 0.2) is 0 Å². The Morgan fingerprint density at radius 3 is 2.73 bits per heavy atom. The van der Waals surface area contributed by atoms with Gasteiger partial charge in [0.25, 0.3) is 0 Å². The first kappa shape index (κ1) is 8.27. The average Bonchev–Trinajstić information content (AvgIpc) is 2.05. The van der Waals surface area contributed by atoms with E-state index in [9.17, 15) is 0 Å². The van der Waals surface area contributed by atoms with Crippen LogP contribution in [0, 0.1) is 0 Å². The van der Waals surface area contributed by atoms with Crippen molar-refractivity contribution in [2.45, 2.75) is 4.90 Å². The van der Waals surface area contributed by atoms with E-state index in [4.69, 9.17) is 4.74 Å². The molecular formula is C8H11NOS. The van der Waals surface area contributed by atoms with Crippen LogP contribution in [0.2, 0.25) is 0 Å². The molecule has 1 rings (SSSR count). The molecule has 0 amide bonds. The molecule has 1 aromatic carbocycles. The Morgan fingerprint density at radius 1 is 1.45 bits per heavy atom. The molecule has 0 heterocycles. The highest BCUT2D eigenvalue weighted by Crippen LogP contribution is 2.25. The van der Waals surface area contributed by atoms with Gasteiger partial charge in [-0.3, -0.25) is 0 Å². The molecule has 2 nitrogen and oxygen atoms in total. The lowest BCUT2D eigenvalue weighted by Gasteiger charge is -2.05. The maximum Gasteiger partial charge on any atom is 0.134 e. The maximum atomic E-state index is 5.07. The number of thiol groups is 1. The van der Waals surface area contributed by atoms with Crippen molar-refractivity contribution in [2.75, 3.05) is 19.5 Å². The summed E-state index contributed by atoms with van der Waals surface area (Å²) in [6.45, 7) is 0. The first-order chi connectivity index (χ1) is 5.27. The van der Waals surface area contributed by atoms with Crippen molar-refractivity contribution in [1.82, 2.24) is 0 Å². The number of rotatable bonds is 2. The highest BCUT2D eigenvalue weighted by atomic mass is 32.1. The van der Waals surface area contributed by atoms with E-state index in [1.54, 1.807) is 7.11 Å². The number of benzene rings is 1. The molecule has 1 aromatic rings. The van der Waals surface area contributed by atoms with E-state index in [0.717, 1.165) is 16.3 Å². The van der Waals surface area contributed by atoms with Gasteiger partial charge in [-0.15, -0.1) is 12.6 Å². The van der Waals surface area contributed by atoms with Gasteiger partial charge in [-0.25, -0.2) is 0 Å². The minimum Gasteiger partial charge on any atom is -0.496 e. The van der Waals surface area contributed by atoms with E-state index in [0.29, 0.717) is 0 Å². The van der Waals surface area contributed by atoms with Crippen LogP contribution in [0.4, 0.5) is 5.69 Å². The van der Waals surface area contributed by atoms with Crippen molar-refractivity contribution in [1.29, 1.82) is 0 Å². The first-order valence-corrected chi connectivity index (χ1v) is 3.77. The summed E-state index contributed by atoms with van der Waals surface area (Å²) < 4.78 is 5.07. The van der Waals surface area contributed by atoms with Crippen molar-refractivity contribution in [3.63, 3.8) is 0 Å². The van der Waals surface area contributed by atoms with Gasteiger partial charge in [0.05, 0.1) is 7.11 Å². The van der Waals surface area contributed by atoms with Crippen LogP contribution in [-0.4, -0.2) is 14.2 Å². The Balaban J connectivity index is 3.02. The standard InChI is InChI=1S/C8H11NOS/c1-9-6-3-4-8(11)7(5-6)10-2/h3-5,9,11H,1-2H3. The third kappa shape index (κ3) is 1.80. The largest absolute Gasteiger partial charge is 0.496 e. The molecule has 0 aliphatic carbocycles. The van der Waals surface area contributed by atoms with E-state index >= 15 is 0 Å². The van der Waals surface area contributed by atoms with E-state index in [2.05, 4.69) is 17.9 Å². The second kappa shape index (κ2) is 3.53. The topological polar surface area (TPSA) is 21.3 Å². The van der Waals surface area contributed by atoms with Crippen LogP contribution >= 0.6 is 12.6 Å². The third-order valence-electron chi connectivity index (χ3n) is 1.47. The van der Waals surface area contributed by atoms with Gasteiger partial charge in [-0.1, -0.05) is 0 Å². The number of hydrogen-bond donors (Lipinski definition) is 2. The molecule has 0 aromatic heterocycles. The van der Waals surface area contributed by atoms with Gasteiger partial charge >= 0.3 is 0 Å². The lowest BCUT2D eigenvalue weighted by Crippen LogP contribution is -1.90. The number of ether oxygens (including phenoxy) is 1. The average molecular weight is 169 g/mol. The van der Waals surface area contributed by atoms with Gasteiger partial charge < -0.3 is 10.1 Å². The summed E-state index contributed by atoms with van der Waals surface area (Å²) in [6.07, 6.45) is 0. The zero-order chi connectivity index (χ0) is 8.27. The monoisotopic (exact) mass is 169 g/mol. The molecule has 0 aliphatic heterocycles. The Bertz CT molecular complexity index is 250. The predicted octanol–water partition coefficient (Wildman–Crippen LogP) is 2.03. The van der Waals surface area contributed by atoms with Crippen LogP contribution < -0.4 is 10.1 Å². The smallest absolute Gasteiger partial charge is 0.134 e. The lowest BCUT2D eigenvalue weighted by molar-refractivity contribution is 0.405. The van der Waals surface area contributed by atoms with Crippen LogP contribution in [0.15, 0.2) is 23.1 Å². The van der Waals surface area contributed by atoms with E-state index in [1.807, 2.05) is 25.2 Å². The van der Waals surface area contributed by atoms with Gasteiger partial charge in [-0.05, 0) is 12.1 Å². The zero-order valence-corrected chi connectivity index (χ0v) is 7.48. The molecule has 0 saturated heterocycles. The van der Waals surface area contributed by atoms with Gasteiger partial charge in [0, 0.05) is 23.7 Å². The van der Waals surface area contributed by atoms with Gasteiger partial charge in [0.2, 0.25) is 0 Å². The second-order valence-corrected chi connectivity index (χ2v) is 2.62. The summed E-state index contributed by atoms with van der Waals surface area (Å²) >= 11 is 4.21. The van der Waals surface area contributed by atoms with Crippen molar-refractivity contribution in [2.24, 2.45) is 0 Å². The molecule has 0 spiro atoms. The molecule has 60 valence electrons. The molecule has 0 saturated carbocycles. The predicted molar refractivity (Wildman–Crippen MR) is 49.8 cm³/mol.